The molecule has 0 amide bonds. The van der Waals surface area contributed by atoms with Gasteiger partial charge >= 0.3 is 0 Å². The van der Waals surface area contributed by atoms with Crippen molar-refractivity contribution < 1.29 is 0 Å². The Balaban J connectivity index is 2.69. The van der Waals surface area contributed by atoms with E-state index in [1.807, 2.05) is 0 Å². The number of hydrogen-bond donors (Lipinski definition) is 0. The first-order chi connectivity index (χ1) is 4.83. The first kappa shape index (κ1) is 7.75. The predicted molar refractivity (Wildman–Crippen MR) is 48.4 cm³/mol. The number of aryl methyl sites for hydroxylation is 1. The van der Waals surface area contributed by atoms with Gasteiger partial charge in [0.25, 0.3) is 0 Å². The molecular weight excluding hydrogens is 139 g/mol. The van der Waals surface area contributed by atoms with Crippen molar-refractivity contribution in [2.75, 3.05) is 0 Å². The molecule has 0 aromatic heterocycles. The third-order valence-corrected chi connectivity index (χ3v) is 1.83. The molecule has 0 aliphatic heterocycles. The van der Waals surface area contributed by atoms with E-state index in [1.54, 1.807) is 0 Å². The van der Waals surface area contributed by atoms with Gasteiger partial charge < -0.3 is 0 Å². The van der Waals surface area contributed by atoms with Gasteiger partial charge in [-0.1, -0.05) is 46.8 Å². The summed E-state index contributed by atoms with van der Waals surface area (Å²) in [6.45, 7) is 2.20. The second kappa shape index (κ2) is 3.73. The van der Waals surface area contributed by atoms with Crippen LogP contribution in [-0.2, 0) is 6.42 Å². The lowest BCUT2D eigenvalue weighted by molar-refractivity contribution is 0.922. The lowest BCUT2D eigenvalue weighted by Crippen LogP contribution is -1.90. The van der Waals surface area contributed by atoms with Crippen molar-refractivity contribution in [3.8, 4) is 0 Å². The molecule has 53 valence electrons. The molecule has 1 aromatic rings. The van der Waals surface area contributed by atoms with Crippen LogP contribution < -0.4 is 5.30 Å². The molecule has 0 saturated heterocycles. The molecule has 1 aromatic carbocycles. The van der Waals surface area contributed by atoms with E-state index in [-0.39, 0.29) is 0 Å². The molecule has 0 fully saturated rings. The average Bonchev–Trinajstić information content (AvgIpc) is 1.95. The minimum absolute atomic E-state index is 1.15. The van der Waals surface area contributed by atoms with Crippen molar-refractivity contribution in [3.05, 3.63) is 29.8 Å². The van der Waals surface area contributed by atoms with E-state index in [4.69, 9.17) is 0 Å². The molecule has 10 heavy (non-hydrogen) atoms. The topological polar surface area (TPSA) is 0 Å². The Morgan fingerprint density at radius 3 is 2.30 bits per heavy atom. The van der Waals surface area contributed by atoms with E-state index in [0.29, 0.717) is 0 Å². The van der Waals surface area contributed by atoms with Crippen molar-refractivity contribution >= 4 is 14.5 Å². The van der Waals surface area contributed by atoms with Crippen LogP contribution in [-0.4, -0.2) is 0 Å². The van der Waals surface area contributed by atoms with E-state index in [9.17, 15) is 0 Å². The van der Waals surface area contributed by atoms with Gasteiger partial charge in [0.1, 0.15) is 0 Å². The Bertz CT molecular complexity index is 188. The van der Waals surface area contributed by atoms with Crippen LogP contribution in [0.4, 0.5) is 0 Å². The van der Waals surface area contributed by atoms with Gasteiger partial charge in [0.05, 0.1) is 0 Å². The quantitative estimate of drug-likeness (QED) is 0.569. The van der Waals surface area contributed by atoms with Crippen molar-refractivity contribution in [3.63, 3.8) is 0 Å². The minimum atomic E-state index is 1.15. The van der Waals surface area contributed by atoms with Gasteiger partial charge in [-0.15, -0.1) is 0 Å². The highest BCUT2D eigenvalue weighted by Gasteiger charge is 1.88. The van der Waals surface area contributed by atoms with Crippen LogP contribution in [0.15, 0.2) is 24.3 Å². The van der Waals surface area contributed by atoms with Crippen LogP contribution in [0.2, 0.25) is 0 Å². The maximum atomic E-state index is 3.44. The second-order valence-corrected chi connectivity index (χ2v) is 3.02. The minimum Gasteiger partial charge on any atom is -0.0651 e. The fourth-order valence-corrected chi connectivity index (χ4v) is 1.13. The zero-order valence-electron chi connectivity index (χ0n) is 6.22. The van der Waals surface area contributed by atoms with E-state index in [1.165, 1.54) is 18.4 Å². The monoisotopic (exact) mass is 151 g/mol. The summed E-state index contributed by atoms with van der Waals surface area (Å²) < 4.78 is 0. The Morgan fingerprint density at radius 2 is 1.80 bits per heavy atom. The molecule has 0 aliphatic carbocycles. The van der Waals surface area contributed by atoms with Crippen molar-refractivity contribution in [1.82, 2.24) is 0 Å². The standard InChI is InChI=1S/C9H12P/c1-2-3-8-4-6-9(10)7-5-8/h4-7,10H,2-3H2,1H3. The molecule has 1 radical (unpaired) electrons. The maximum absolute atomic E-state index is 3.44. The molecule has 0 atom stereocenters. The highest BCUT2D eigenvalue weighted by molar-refractivity contribution is 7.27. The molecule has 1 rings (SSSR count). The average molecular weight is 151 g/mol. The fourth-order valence-electron chi connectivity index (χ4n) is 0.960. The van der Waals surface area contributed by atoms with Gasteiger partial charge in [-0.05, 0) is 17.3 Å². The third-order valence-electron chi connectivity index (χ3n) is 1.49. The summed E-state index contributed by atoms with van der Waals surface area (Å²) in [6.07, 6.45) is 2.41. The highest BCUT2D eigenvalue weighted by Crippen LogP contribution is 2.01. The van der Waals surface area contributed by atoms with Crippen LogP contribution in [0.5, 0.6) is 0 Å². The first-order valence-electron chi connectivity index (χ1n) is 3.63. The lowest BCUT2D eigenvalue weighted by atomic mass is 10.1. The van der Waals surface area contributed by atoms with E-state index in [0.717, 1.165) is 5.30 Å². The summed E-state index contributed by atoms with van der Waals surface area (Å²) in [5.74, 6) is 0. The normalized spacial score (nSPS) is 9.80. The van der Waals surface area contributed by atoms with E-state index in [2.05, 4.69) is 40.4 Å². The Hall–Kier alpha value is -0.350. The summed E-state index contributed by atoms with van der Waals surface area (Å²) in [7, 11) is 3.44. The summed E-state index contributed by atoms with van der Waals surface area (Å²) >= 11 is 0. The van der Waals surface area contributed by atoms with Gasteiger partial charge in [-0.3, -0.25) is 0 Å². The molecule has 0 saturated carbocycles. The molecule has 0 unspecified atom stereocenters. The molecule has 0 spiro atoms. The third kappa shape index (κ3) is 2.11. The van der Waals surface area contributed by atoms with Crippen molar-refractivity contribution in [2.24, 2.45) is 0 Å². The summed E-state index contributed by atoms with van der Waals surface area (Å²) in [4.78, 5) is 0. The van der Waals surface area contributed by atoms with Gasteiger partial charge in [0.15, 0.2) is 0 Å². The van der Waals surface area contributed by atoms with Crippen LogP contribution in [0.25, 0.3) is 0 Å². The second-order valence-electron chi connectivity index (χ2n) is 2.45. The zero-order valence-corrected chi connectivity index (χ0v) is 7.22. The summed E-state index contributed by atoms with van der Waals surface area (Å²) in [5, 5.41) is 1.15. The van der Waals surface area contributed by atoms with Crippen molar-refractivity contribution in [1.29, 1.82) is 0 Å². The van der Waals surface area contributed by atoms with Crippen LogP contribution >= 0.6 is 9.24 Å². The Kier molecular flexibility index (Phi) is 2.89. The van der Waals surface area contributed by atoms with E-state index >= 15 is 0 Å². The number of benzene rings is 1. The van der Waals surface area contributed by atoms with Gasteiger partial charge in [0.2, 0.25) is 0 Å². The Labute approximate surface area is 64.9 Å². The molecule has 1 heteroatoms. The van der Waals surface area contributed by atoms with Gasteiger partial charge in [-0.25, -0.2) is 0 Å². The highest BCUT2D eigenvalue weighted by atomic mass is 31.0. The van der Waals surface area contributed by atoms with Crippen LogP contribution in [0.1, 0.15) is 18.9 Å². The molecular formula is C9H12P. The summed E-state index contributed by atoms with van der Waals surface area (Å²) in [5.41, 5.74) is 1.42. The molecule has 0 N–H and O–H groups in total. The van der Waals surface area contributed by atoms with Crippen LogP contribution in [0.3, 0.4) is 0 Å². The SMILES string of the molecule is CCCc1ccc([PH])cc1. The predicted octanol–water partition coefficient (Wildman–Crippen LogP) is 2.41. The van der Waals surface area contributed by atoms with Crippen LogP contribution in [0, 0.1) is 0 Å². The fraction of sp³-hybridized carbons (Fsp3) is 0.333. The summed E-state index contributed by atoms with van der Waals surface area (Å²) in [6, 6.07) is 8.49. The smallest absolute Gasteiger partial charge is 0.0227 e. The molecule has 0 bridgehead atoms. The zero-order chi connectivity index (χ0) is 7.40. The van der Waals surface area contributed by atoms with Gasteiger partial charge in [-0.2, -0.15) is 0 Å². The molecule has 0 nitrogen and oxygen atoms in total. The first-order valence-corrected chi connectivity index (χ1v) is 4.13. The van der Waals surface area contributed by atoms with Gasteiger partial charge in [0, 0.05) is 0 Å². The Morgan fingerprint density at radius 1 is 1.20 bits per heavy atom. The van der Waals surface area contributed by atoms with Crippen molar-refractivity contribution in [2.45, 2.75) is 19.8 Å². The van der Waals surface area contributed by atoms with E-state index < -0.39 is 0 Å². The molecule has 0 heterocycles. The lowest BCUT2D eigenvalue weighted by Gasteiger charge is -1.96. The number of rotatable bonds is 2. The largest absolute Gasteiger partial charge is 0.0651 e. The molecule has 0 aliphatic rings. The number of hydrogen-bond acceptors (Lipinski definition) is 0. The maximum Gasteiger partial charge on any atom is -0.0227 e.